The first-order chi connectivity index (χ1) is 5.63. The molecule has 0 bridgehead atoms. The smallest absolute Gasteiger partial charge is 0.264 e. The highest BCUT2D eigenvalue weighted by atomic mass is 35.5. The van der Waals surface area contributed by atoms with Crippen molar-refractivity contribution < 1.29 is 8.78 Å². The summed E-state index contributed by atoms with van der Waals surface area (Å²) in [6.45, 7) is 0.111. The molecule has 12 heavy (non-hydrogen) atoms. The molecular weight excluding hydrogens is 186 g/mol. The number of nitrogens with zero attached hydrogens (tertiary/aromatic N) is 1. The maximum atomic E-state index is 12.1. The second-order valence-electron chi connectivity index (χ2n) is 2.22. The summed E-state index contributed by atoms with van der Waals surface area (Å²) >= 11 is 5.47. The summed E-state index contributed by atoms with van der Waals surface area (Å²) in [5.41, 5.74) is 5.45. The Morgan fingerprint density at radius 1 is 1.50 bits per heavy atom. The van der Waals surface area contributed by atoms with E-state index in [0.29, 0.717) is 5.69 Å². The zero-order valence-electron chi connectivity index (χ0n) is 6.10. The van der Waals surface area contributed by atoms with Gasteiger partial charge in [-0.2, -0.15) is 0 Å². The molecule has 66 valence electrons. The van der Waals surface area contributed by atoms with Crippen LogP contribution in [0.15, 0.2) is 12.1 Å². The topological polar surface area (TPSA) is 38.9 Å². The second kappa shape index (κ2) is 3.78. The van der Waals surface area contributed by atoms with Crippen LogP contribution in [0.2, 0.25) is 5.15 Å². The molecular formula is C7H7ClF2N2. The van der Waals surface area contributed by atoms with E-state index in [2.05, 4.69) is 4.98 Å². The van der Waals surface area contributed by atoms with E-state index in [0.717, 1.165) is 6.07 Å². The maximum absolute atomic E-state index is 12.1. The summed E-state index contributed by atoms with van der Waals surface area (Å²) in [6.07, 6.45) is -2.53. The highest BCUT2D eigenvalue weighted by Crippen LogP contribution is 2.21. The molecule has 0 unspecified atom stereocenters. The molecule has 0 spiro atoms. The largest absolute Gasteiger partial charge is 0.325 e. The molecule has 1 aromatic rings. The molecule has 0 saturated carbocycles. The molecule has 0 aliphatic rings. The Hall–Kier alpha value is -0.740. The molecule has 0 amide bonds. The SMILES string of the molecule is NCc1cc(C(F)F)cc(Cl)n1. The Kier molecular flexibility index (Phi) is 2.94. The molecule has 1 rings (SSSR count). The lowest BCUT2D eigenvalue weighted by atomic mass is 10.2. The number of nitrogens with two attached hydrogens (primary N) is 1. The first-order valence-corrected chi connectivity index (χ1v) is 3.66. The van der Waals surface area contributed by atoms with Crippen LogP contribution < -0.4 is 5.73 Å². The van der Waals surface area contributed by atoms with Crippen molar-refractivity contribution >= 4 is 11.6 Å². The standard InChI is InChI=1S/C7H7ClF2N2/c8-6-2-4(7(9)10)1-5(3-11)12-6/h1-2,7H,3,11H2. The summed E-state index contributed by atoms with van der Waals surface area (Å²) in [5.74, 6) is 0. The van der Waals surface area contributed by atoms with Crippen molar-refractivity contribution in [2.24, 2.45) is 5.73 Å². The second-order valence-corrected chi connectivity index (χ2v) is 2.61. The van der Waals surface area contributed by atoms with Gasteiger partial charge < -0.3 is 5.73 Å². The van der Waals surface area contributed by atoms with Gasteiger partial charge in [0.15, 0.2) is 0 Å². The van der Waals surface area contributed by atoms with Crippen molar-refractivity contribution in [2.45, 2.75) is 13.0 Å². The van der Waals surface area contributed by atoms with Crippen molar-refractivity contribution in [2.75, 3.05) is 0 Å². The number of rotatable bonds is 2. The third kappa shape index (κ3) is 2.12. The van der Waals surface area contributed by atoms with Crippen LogP contribution >= 0.6 is 11.6 Å². The summed E-state index contributed by atoms with van der Waals surface area (Å²) in [6, 6.07) is 2.38. The fourth-order valence-electron chi connectivity index (χ4n) is 0.804. The summed E-state index contributed by atoms with van der Waals surface area (Å²) < 4.78 is 24.3. The van der Waals surface area contributed by atoms with Gasteiger partial charge in [0.2, 0.25) is 0 Å². The average molecular weight is 193 g/mol. The average Bonchev–Trinajstić information content (AvgIpc) is 2.03. The Labute approximate surface area is 73.4 Å². The Morgan fingerprint density at radius 2 is 2.17 bits per heavy atom. The fourth-order valence-corrected chi connectivity index (χ4v) is 1.04. The molecule has 2 N–H and O–H groups in total. The van der Waals surface area contributed by atoms with Crippen LogP contribution in [0.3, 0.4) is 0 Å². The molecule has 0 fully saturated rings. The first kappa shape index (κ1) is 9.35. The van der Waals surface area contributed by atoms with E-state index < -0.39 is 6.43 Å². The molecule has 0 aliphatic heterocycles. The molecule has 0 saturated heterocycles. The third-order valence-corrected chi connectivity index (χ3v) is 1.52. The molecule has 5 heteroatoms. The number of aromatic nitrogens is 1. The van der Waals surface area contributed by atoms with Crippen LogP contribution in [-0.4, -0.2) is 4.98 Å². The van der Waals surface area contributed by atoms with E-state index in [1.807, 2.05) is 0 Å². The number of pyridine rings is 1. The van der Waals surface area contributed by atoms with Crippen LogP contribution in [0, 0.1) is 0 Å². The van der Waals surface area contributed by atoms with Crippen molar-refractivity contribution in [3.8, 4) is 0 Å². The normalized spacial score (nSPS) is 10.8. The summed E-state index contributed by atoms with van der Waals surface area (Å²) in [5, 5.41) is 0.0493. The molecule has 0 aromatic carbocycles. The van der Waals surface area contributed by atoms with Gasteiger partial charge in [-0.05, 0) is 12.1 Å². The van der Waals surface area contributed by atoms with Gasteiger partial charge in [-0.25, -0.2) is 13.8 Å². The Morgan fingerprint density at radius 3 is 2.67 bits per heavy atom. The number of alkyl halides is 2. The lowest BCUT2D eigenvalue weighted by Gasteiger charge is -2.02. The van der Waals surface area contributed by atoms with Gasteiger partial charge in [-0.1, -0.05) is 11.6 Å². The number of hydrogen-bond acceptors (Lipinski definition) is 2. The fraction of sp³-hybridized carbons (Fsp3) is 0.286. The van der Waals surface area contributed by atoms with E-state index in [1.165, 1.54) is 6.07 Å². The van der Waals surface area contributed by atoms with E-state index >= 15 is 0 Å². The molecule has 1 heterocycles. The van der Waals surface area contributed by atoms with Crippen LogP contribution in [0.1, 0.15) is 17.7 Å². The lowest BCUT2D eigenvalue weighted by Crippen LogP contribution is -2.01. The Balaban J connectivity index is 3.06. The van der Waals surface area contributed by atoms with Gasteiger partial charge in [0, 0.05) is 12.1 Å². The van der Waals surface area contributed by atoms with Gasteiger partial charge in [0.1, 0.15) is 5.15 Å². The summed E-state index contributed by atoms with van der Waals surface area (Å²) in [4.78, 5) is 3.74. The van der Waals surface area contributed by atoms with Crippen LogP contribution in [0.25, 0.3) is 0 Å². The van der Waals surface area contributed by atoms with Crippen molar-refractivity contribution in [3.05, 3.63) is 28.5 Å². The van der Waals surface area contributed by atoms with Gasteiger partial charge in [-0.15, -0.1) is 0 Å². The van der Waals surface area contributed by atoms with E-state index in [1.54, 1.807) is 0 Å². The zero-order chi connectivity index (χ0) is 9.14. The zero-order valence-corrected chi connectivity index (χ0v) is 6.85. The van der Waals surface area contributed by atoms with Gasteiger partial charge >= 0.3 is 0 Å². The van der Waals surface area contributed by atoms with Crippen LogP contribution in [-0.2, 0) is 6.54 Å². The van der Waals surface area contributed by atoms with E-state index in [9.17, 15) is 8.78 Å². The number of hydrogen-bond donors (Lipinski definition) is 1. The molecule has 0 atom stereocenters. The predicted molar refractivity (Wildman–Crippen MR) is 42.1 cm³/mol. The van der Waals surface area contributed by atoms with Crippen molar-refractivity contribution in [3.63, 3.8) is 0 Å². The van der Waals surface area contributed by atoms with Crippen LogP contribution in [0.4, 0.5) is 8.78 Å². The molecule has 1 aromatic heterocycles. The lowest BCUT2D eigenvalue weighted by molar-refractivity contribution is 0.151. The molecule has 0 radical (unpaired) electrons. The molecule has 0 aliphatic carbocycles. The quantitative estimate of drug-likeness (QED) is 0.730. The minimum absolute atomic E-state index is 0.0493. The number of halogens is 3. The Bertz CT molecular complexity index is 278. The van der Waals surface area contributed by atoms with Gasteiger partial charge in [-0.3, -0.25) is 0 Å². The summed E-state index contributed by atoms with van der Waals surface area (Å²) in [7, 11) is 0. The van der Waals surface area contributed by atoms with Gasteiger partial charge in [0.25, 0.3) is 6.43 Å². The van der Waals surface area contributed by atoms with E-state index in [-0.39, 0.29) is 17.3 Å². The monoisotopic (exact) mass is 192 g/mol. The maximum Gasteiger partial charge on any atom is 0.264 e. The minimum atomic E-state index is -2.53. The van der Waals surface area contributed by atoms with Gasteiger partial charge in [0.05, 0.1) is 5.69 Å². The highest BCUT2D eigenvalue weighted by molar-refractivity contribution is 6.29. The minimum Gasteiger partial charge on any atom is -0.325 e. The predicted octanol–water partition coefficient (Wildman–Crippen LogP) is 2.13. The van der Waals surface area contributed by atoms with Crippen LogP contribution in [0.5, 0.6) is 0 Å². The molecule has 2 nitrogen and oxygen atoms in total. The first-order valence-electron chi connectivity index (χ1n) is 3.28. The van der Waals surface area contributed by atoms with Crippen molar-refractivity contribution in [1.82, 2.24) is 4.98 Å². The van der Waals surface area contributed by atoms with E-state index in [4.69, 9.17) is 17.3 Å². The van der Waals surface area contributed by atoms with Crippen molar-refractivity contribution in [1.29, 1.82) is 0 Å². The third-order valence-electron chi connectivity index (χ3n) is 1.33. The highest BCUT2D eigenvalue weighted by Gasteiger charge is 2.09.